The SMILES string of the molecule is Cc1ccc(C(=O)NC(C(=O)NNC(=O)c2sc(N3CCOCC3)nc2C)C(C)C)cc1. The molecule has 0 spiro atoms. The van der Waals surface area contributed by atoms with Crippen LogP contribution >= 0.6 is 11.3 Å². The average molecular weight is 460 g/mol. The summed E-state index contributed by atoms with van der Waals surface area (Å²) in [5.41, 5.74) is 6.99. The third-order valence-corrected chi connectivity index (χ3v) is 6.34. The van der Waals surface area contributed by atoms with E-state index in [-0.39, 0.29) is 11.8 Å². The largest absolute Gasteiger partial charge is 0.378 e. The summed E-state index contributed by atoms with van der Waals surface area (Å²) in [4.78, 5) is 44.9. The topological polar surface area (TPSA) is 113 Å². The number of morpholine rings is 1. The van der Waals surface area contributed by atoms with Gasteiger partial charge in [0.1, 0.15) is 10.9 Å². The molecule has 1 aromatic carbocycles. The molecule has 1 fully saturated rings. The molecule has 1 saturated heterocycles. The number of hydrogen-bond donors (Lipinski definition) is 3. The van der Waals surface area contributed by atoms with Crippen LogP contribution in [0.15, 0.2) is 24.3 Å². The Morgan fingerprint density at radius 1 is 1.03 bits per heavy atom. The standard InChI is InChI=1S/C22H29N5O4S/c1-13(2)17(24-19(28)16-7-5-14(3)6-8-16)20(29)25-26-21(30)18-15(4)23-22(32-18)27-9-11-31-12-10-27/h5-8,13,17H,9-12H2,1-4H3,(H,24,28)(H,25,29)(H,26,30). The van der Waals surface area contributed by atoms with Crippen molar-refractivity contribution in [1.82, 2.24) is 21.2 Å². The highest BCUT2D eigenvalue weighted by molar-refractivity contribution is 7.17. The number of amides is 3. The lowest BCUT2D eigenvalue weighted by molar-refractivity contribution is -0.124. The van der Waals surface area contributed by atoms with Crippen LogP contribution in [0.4, 0.5) is 5.13 Å². The summed E-state index contributed by atoms with van der Waals surface area (Å²) in [5, 5.41) is 3.50. The summed E-state index contributed by atoms with van der Waals surface area (Å²) in [5.74, 6) is -1.47. The van der Waals surface area contributed by atoms with E-state index in [0.29, 0.717) is 29.3 Å². The summed E-state index contributed by atoms with van der Waals surface area (Å²) in [6.07, 6.45) is 0. The number of aryl methyl sites for hydroxylation is 2. The molecule has 1 aromatic heterocycles. The van der Waals surface area contributed by atoms with Crippen molar-refractivity contribution in [2.45, 2.75) is 33.7 Å². The Morgan fingerprint density at radius 2 is 1.69 bits per heavy atom. The van der Waals surface area contributed by atoms with Gasteiger partial charge in [0.2, 0.25) is 0 Å². The minimum Gasteiger partial charge on any atom is -0.378 e. The van der Waals surface area contributed by atoms with Crippen molar-refractivity contribution in [2.75, 3.05) is 31.2 Å². The molecular weight excluding hydrogens is 430 g/mol. The molecule has 1 aliphatic rings. The number of nitrogens with zero attached hydrogens (tertiary/aromatic N) is 2. The molecule has 1 unspecified atom stereocenters. The molecule has 3 rings (SSSR count). The maximum atomic E-state index is 12.7. The predicted molar refractivity (Wildman–Crippen MR) is 123 cm³/mol. The van der Waals surface area contributed by atoms with Gasteiger partial charge in [-0.05, 0) is 31.9 Å². The first-order valence-electron chi connectivity index (χ1n) is 10.5. The van der Waals surface area contributed by atoms with E-state index in [4.69, 9.17) is 4.74 Å². The van der Waals surface area contributed by atoms with E-state index in [1.807, 2.05) is 32.9 Å². The zero-order valence-electron chi connectivity index (χ0n) is 18.7. The molecule has 0 saturated carbocycles. The van der Waals surface area contributed by atoms with Gasteiger partial charge in [-0.25, -0.2) is 4.98 Å². The minimum atomic E-state index is -0.810. The monoisotopic (exact) mass is 459 g/mol. The summed E-state index contributed by atoms with van der Waals surface area (Å²) < 4.78 is 5.35. The highest BCUT2D eigenvalue weighted by atomic mass is 32.1. The highest BCUT2D eigenvalue weighted by Gasteiger charge is 2.26. The first-order chi connectivity index (χ1) is 15.3. The van der Waals surface area contributed by atoms with Crippen molar-refractivity contribution in [3.05, 3.63) is 46.0 Å². The molecule has 1 aliphatic heterocycles. The number of thiazole rings is 1. The van der Waals surface area contributed by atoms with Gasteiger partial charge < -0.3 is 15.0 Å². The smallest absolute Gasteiger partial charge is 0.281 e. The van der Waals surface area contributed by atoms with Crippen LogP contribution < -0.4 is 21.1 Å². The lowest BCUT2D eigenvalue weighted by Crippen LogP contribution is -2.54. The zero-order valence-corrected chi connectivity index (χ0v) is 19.5. The number of hydrazine groups is 1. The Kier molecular flexibility index (Phi) is 7.81. The lowest BCUT2D eigenvalue weighted by atomic mass is 10.0. The fourth-order valence-corrected chi connectivity index (χ4v) is 4.21. The van der Waals surface area contributed by atoms with Gasteiger partial charge in [-0.3, -0.25) is 25.2 Å². The maximum absolute atomic E-state index is 12.7. The molecular formula is C22H29N5O4S. The summed E-state index contributed by atoms with van der Waals surface area (Å²) >= 11 is 1.28. The normalized spacial score (nSPS) is 14.7. The van der Waals surface area contributed by atoms with Gasteiger partial charge >= 0.3 is 0 Å². The third kappa shape index (κ3) is 5.83. The van der Waals surface area contributed by atoms with E-state index in [0.717, 1.165) is 23.8 Å². The van der Waals surface area contributed by atoms with Gasteiger partial charge in [0.05, 0.1) is 18.9 Å². The lowest BCUT2D eigenvalue weighted by Gasteiger charge is -2.26. The fourth-order valence-electron chi connectivity index (χ4n) is 3.20. The molecule has 2 aromatic rings. The van der Waals surface area contributed by atoms with Crippen LogP contribution in [0.5, 0.6) is 0 Å². The van der Waals surface area contributed by atoms with E-state index in [1.165, 1.54) is 11.3 Å². The van der Waals surface area contributed by atoms with Crippen molar-refractivity contribution < 1.29 is 19.1 Å². The molecule has 3 amide bonds. The average Bonchev–Trinajstić information content (AvgIpc) is 3.18. The van der Waals surface area contributed by atoms with E-state index in [1.54, 1.807) is 19.1 Å². The Bertz CT molecular complexity index is 967. The van der Waals surface area contributed by atoms with E-state index < -0.39 is 17.9 Å². The molecule has 0 radical (unpaired) electrons. The predicted octanol–water partition coefficient (Wildman–Crippen LogP) is 1.81. The van der Waals surface area contributed by atoms with Gasteiger partial charge in [0, 0.05) is 18.7 Å². The van der Waals surface area contributed by atoms with Crippen LogP contribution in [0.3, 0.4) is 0 Å². The van der Waals surface area contributed by atoms with E-state index >= 15 is 0 Å². The number of nitrogens with one attached hydrogen (secondary N) is 3. The number of rotatable bonds is 6. The molecule has 32 heavy (non-hydrogen) atoms. The number of carbonyl (C=O) groups is 3. The van der Waals surface area contributed by atoms with Crippen LogP contribution in [0, 0.1) is 19.8 Å². The molecule has 1 atom stereocenters. The van der Waals surface area contributed by atoms with Gasteiger partial charge in [-0.15, -0.1) is 0 Å². The Labute approximate surface area is 191 Å². The molecule has 9 nitrogen and oxygen atoms in total. The molecule has 10 heteroatoms. The first kappa shape index (κ1) is 23.7. The second-order valence-electron chi connectivity index (χ2n) is 8.01. The first-order valence-corrected chi connectivity index (χ1v) is 11.4. The summed E-state index contributed by atoms with van der Waals surface area (Å²) in [6, 6.07) is 6.28. The van der Waals surface area contributed by atoms with Crippen LogP contribution in [-0.2, 0) is 9.53 Å². The van der Waals surface area contributed by atoms with Crippen molar-refractivity contribution >= 4 is 34.2 Å². The second kappa shape index (κ2) is 10.6. The van der Waals surface area contributed by atoms with Gasteiger partial charge in [0.25, 0.3) is 17.7 Å². The zero-order chi connectivity index (χ0) is 23.3. The van der Waals surface area contributed by atoms with Crippen LogP contribution in [0.1, 0.15) is 45.1 Å². The third-order valence-electron chi connectivity index (χ3n) is 5.12. The van der Waals surface area contributed by atoms with Gasteiger partial charge in [-0.1, -0.05) is 42.9 Å². The van der Waals surface area contributed by atoms with Crippen molar-refractivity contribution in [3.8, 4) is 0 Å². The van der Waals surface area contributed by atoms with Crippen LogP contribution in [0.25, 0.3) is 0 Å². The Hall–Kier alpha value is -2.98. The van der Waals surface area contributed by atoms with Crippen molar-refractivity contribution in [2.24, 2.45) is 5.92 Å². The van der Waals surface area contributed by atoms with E-state index in [2.05, 4.69) is 26.1 Å². The van der Waals surface area contributed by atoms with Crippen molar-refractivity contribution in [1.29, 1.82) is 0 Å². The number of hydrogen-bond acceptors (Lipinski definition) is 7. The molecule has 3 N–H and O–H groups in total. The molecule has 172 valence electrons. The summed E-state index contributed by atoms with van der Waals surface area (Å²) in [6.45, 7) is 10.0. The minimum absolute atomic E-state index is 0.181. The molecule has 2 heterocycles. The molecule has 0 aliphatic carbocycles. The maximum Gasteiger partial charge on any atom is 0.281 e. The van der Waals surface area contributed by atoms with Crippen LogP contribution in [-0.4, -0.2) is 55.1 Å². The van der Waals surface area contributed by atoms with Crippen molar-refractivity contribution in [3.63, 3.8) is 0 Å². The van der Waals surface area contributed by atoms with Gasteiger partial charge in [0.15, 0.2) is 5.13 Å². The Morgan fingerprint density at radius 3 is 2.31 bits per heavy atom. The number of anilines is 1. The summed E-state index contributed by atoms with van der Waals surface area (Å²) in [7, 11) is 0. The highest BCUT2D eigenvalue weighted by Crippen LogP contribution is 2.26. The van der Waals surface area contributed by atoms with E-state index in [9.17, 15) is 14.4 Å². The molecule has 0 bridgehead atoms. The fraction of sp³-hybridized carbons (Fsp3) is 0.455. The van der Waals surface area contributed by atoms with Crippen LogP contribution in [0.2, 0.25) is 0 Å². The second-order valence-corrected chi connectivity index (χ2v) is 8.99. The number of aromatic nitrogens is 1. The number of benzene rings is 1. The number of ether oxygens (including phenoxy) is 1. The number of carbonyl (C=O) groups excluding carboxylic acids is 3. The Balaban J connectivity index is 1.60. The quantitative estimate of drug-likeness (QED) is 0.568. The van der Waals surface area contributed by atoms with Gasteiger partial charge in [-0.2, -0.15) is 0 Å².